The Morgan fingerprint density at radius 3 is 2.62 bits per heavy atom. The molecule has 0 fully saturated rings. The number of carboxylic acid groups (broad SMARTS) is 1. The van der Waals surface area contributed by atoms with Crippen LogP contribution in [0.5, 0.6) is 0 Å². The van der Waals surface area contributed by atoms with Crippen molar-refractivity contribution in [1.82, 2.24) is 5.32 Å². The molecule has 0 bridgehead atoms. The number of halogens is 1. The highest BCUT2D eigenvalue weighted by Crippen LogP contribution is 2.08. The fourth-order valence-electron chi connectivity index (χ4n) is 1.30. The number of benzene rings is 1. The van der Waals surface area contributed by atoms with Crippen molar-refractivity contribution in [3.63, 3.8) is 0 Å². The monoisotopic (exact) mass is 242 g/mol. The maximum Gasteiger partial charge on any atom is 0.304 e. The van der Waals surface area contributed by atoms with Crippen LogP contribution in [0.15, 0.2) is 24.3 Å². The maximum absolute atomic E-state index is 10.4. The van der Waals surface area contributed by atoms with Crippen LogP contribution in [0.1, 0.15) is 12.0 Å². The van der Waals surface area contributed by atoms with Gasteiger partial charge >= 0.3 is 5.97 Å². The highest BCUT2D eigenvalue weighted by atomic mass is 35.5. The van der Waals surface area contributed by atoms with Crippen molar-refractivity contribution in [2.45, 2.75) is 19.0 Å². The molecule has 0 saturated carbocycles. The van der Waals surface area contributed by atoms with Gasteiger partial charge in [0.25, 0.3) is 0 Å². The van der Waals surface area contributed by atoms with Crippen LogP contribution in [-0.4, -0.2) is 23.7 Å². The number of nitrogens with one attached hydrogen (secondary N) is 1. The first-order chi connectivity index (χ1) is 7.58. The van der Waals surface area contributed by atoms with Crippen molar-refractivity contribution >= 4 is 17.6 Å². The summed E-state index contributed by atoms with van der Waals surface area (Å²) in [6.45, 7) is 1.14. The summed E-state index contributed by atoms with van der Waals surface area (Å²) in [5, 5.41) is 12.3. The molecule has 1 rings (SSSR count). The van der Waals surface area contributed by atoms with E-state index in [1.807, 2.05) is 24.3 Å². The van der Waals surface area contributed by atoms with E-state index in [-0.39, 0.29) is 12.5 Å². The minimum Gasteiger partial charge on any atom is -0.481 e. The standard InChI is InChI=1S/C11H15ClN2O2/c12-9-3-1-8(2-4-9)6-14-7-10(13)5-11(15)16/h1-4,10,14H,5-7,13H2,(H,15,16). The summed E-state index contributed by atoms with van der Waals surface area (Å²) in [7, 11) is 0. The summed E-state index contributed by atoms with van der Waals surface area (Å²) in [6, 6.07) is 7.10. The van der Waals surface area contributed by atoms with Gasteiger partial charge in [-0.1, -0.05) is 23.7 Å². The van der Waals surface area contributed by atoms with Crippen LogP contribution in [0.25, 0.3) is 0 Å². The summed E-state index contributed by atoms with van der Waals surface area (Å²) >= 11 is 5.75. The lowest BCUT2D eigenvalue weighted by Crippen LogP contribution is -2.35. The molecule has 0 radical (unpaired) electrons. The van der Waals surface area contributed by atoms with E-state index in [0.29, 0.717) is 18.1 Å². The molecule has 0 aromatic heterocycles. The molecule has 88 valence electrons. The van der Waals surface area contributed by atoms with E-state index < -0.39 is 5.97 Å². The Kier molecular flexibility index (Phi) is 5.25. The Bertz CT molecular complexity index is 340. The fraction of sp³-hybridized carbons (Fsp3) is 0.364. The van der Waals surface area contributed by atoms with Crippen LogP contribution in [0.4, 0.5) is 0 Å². The van der Waals surface area contributed by atoms with Crippen molar-refractivity contribution < 1.29 is 9.90 Å². The molecular weight excluding hydrogens is 228 g/mol. The van der Waals surface area contributed by atoms with E-state index in [1.54, 1.807) is 0 Å². The second kappa shape index (κ2) is 6.48. The molecule has 0 aliphatic rings. The normalized spacial score (nSPS) is 12.4. The van der Waals surface area contributed by atoms with Crippen molar-refractivity contribution in [2.75, 3.05) is 6.54 Å². The van der Waals surface area contributed by atoms with Gasteiger partial charge in [-0.15, -0.1) is 0 Å². The number of hydrogen-bond acceptors (Lipinski definition) is 3. The van der Waals surface area contributed by atoms with Crippen LogP contribution in [-0.2, 0) is 11.3 Å². The molecule has 5 heteroatoms. The highest BCUT2D eigenvalue weighted by Gasteiger charge is 2.06. The number of aliphatic carboxylic acids is 1. The van der Waals surface area contributed by atoms with Crippen LogP contribution < -0.4 is 11.1 Å². The second-order valence-corrected chi connectivity index (χ2v) is 4.05. The smallest absolute Gasteiger partial charge is 0.304 e. The fourth-order valence-corrected chi connectivity index (χ4v) is 1.43. The number of hydrogen-bond donors (Lipinski definition) is 3. The average Bonchev–Trinajstić information content (AvgIpc) is 2.20. The number of carbonyl (C=O) groups is 1. The van der Waals surface area contributed by atoms with Crippen LogP contribution in [0.2, 0.25) is 5.02 Å². The van der Waals surface area contributed by atoms with Gasteiger partial charge in [0.15, 0.2) is 0 Å². The van der Waals surface area contributed by atoms with Gasteiger partial charge in [-0.05, 0) is 17.7 Å². The molecule has 1 aromatic rings. The van der Waals surface area contributed by atoms with Gasteiger partial charge in [-0.3, -0.25) is 4.79 Å². The van der Waals surface area contributed by atoms with Gasteiger partial charge in [-0.25, -0.2) is 0 Å². The number of carboxylic acids is 1. The quantitative estimate of drug-likeness (QED) is 0.702. The molecule has 16 heavy (non-hydrogen) atoms. The van der Waals surface area contributed by atoms with Gasteiger partial charge < -0.3 is 16.2 Å². The summed E-state index contributed by atoms with van der Waals surface area (Å²) < 4.78 is 0. The minimum absolute atomic E-state index is 0.0202. The zero-order valence-electron chi connectivity index (χ0n) is 8.82. The number of nitrogens with two attached hydrogens (primary N) is 1. The van der Waals surface area contributed by atoms with E-state index in [2.05, 4.69) is 5.32 Å². The van der Waals surface area contributed by atoms with E-state index >= 15 is 0 Å². The summed E-state index contributed by atoms with van der Waals surface area (Å²) in [4.78, 5) is 10.4. The lowest BCUT2D eigenvalue weighted by Gasteiger charge is -2.10. The third-order valence-corrected chi connectivity index (χ3v) is 2.34. The first-order valence-corrected chi connectivity index (χ1v) is 5.38. The van der Waals surface area contributed by atoms with E-state index in [9.17, 15) is 4.79 Å². The summed E-state index contributed by atoms with van der Waals surface area (Å²) in [5.41, 5.74) is 6.69. The zero-order chi connectivity index (χ0) is 12.0. The molecule has 4 nitrogen and oxygen atoms in total. The molecule has 0 amide bonds. The Balaban J connectivity index is 2.25. The SMILES string of the molecule is NC(CNCc1ccc(Cl)cc1)CC(=O)O. The van der Waals surface area contributed by atoms with Crippen molar-refractivity contribution in [1.29, 1.82) is 0 Å². The third-order valence-electron chi connectivity index (χ3n) is 2.09. The Hall–Kier alpha value is -1.10. The van der Waals surface area contributed by atoms with Crippen LogP contribution >= 0.6 is 11.6 Å². The van der Waals surface area contributed by atoms with E-state index in [0.717, 1.165) is 5.56 Å². The maximum atomic E-state index is 10.4. The van der Waals surface area contributed by atoms with Crippen LogP contribution in [0.3, 0.4) is 0 Å². The lowest BCUT2D eigenvalue weighted by molar-refractivity contribution is -0.137. The molecule has 0 spiro atoms. The van der Waals surface area contributed by atoms with Gasteiger partial charge in [0.1, 0.15) is 0 Å². The molecule has 1 atom stereocenters. The predicted octanol–water partition coefficient (Wildman–Crippen LogP) is 1.23. The molecule has 1 aromatic carbocycles. The first kappa shape index (κ1) is 13.0. The minimum atomic E-state index is -0.874. The van der Waals surface area contributed by atoms with Crippen molar-refractivity contribution in [3.05, 3.63) is 34.9 Å². The molecule has 0 aliphatic heterocycles. The van der Waals surface area contributed by atoms with Gasteiger partial charge in [0.2, 0.25) is 0 Å². The predicted molar refractivity (Wildman–Crippen MR) is 63.4 cm³/mol. The highest BCUT2D eigenvalue weighted by molar-refractivity contribution is 6.30. The van der Waals surface area contributed by atoms with E-state index in [4.69, 9.17) is 22.4 Å². The molecule has 1 unspecified atom stereocenters. The molecule has 0 aliphatic carbocycles. The van der Waals surface area contributed by atoms with Crippen molar-refractivity contribution in [3.8, 4) is 0 Å². The Morgan fingerprint density at radius 2 is 2.06 bits per heavy atom. The zero-order valence-corrected chi connectivity index (χ0v) is 9.57. The lowest BCUT2D eigenvalue weighted by atomic mass is 10.2. The summed E-state index contributed by atoms with van der Waals surface area (Å²) in [5.74, 6) is -0.874. The van der Waals surface area contributed by atoms with E-state index in [1.165, 1.54) is 0 Å². The number of rotatable bonds is 6. The van der Waals surface area contributed by atoms with Gasteiger partial charge in [0, 0.05) is 24.2 Å². The third kappa shape index (κ3) is 5.11. The largest absolute Gasteiger partial charge is 0.481 e. The van der Waals surface area contributed by atoms with Gasteiger partial charge in [-0.2, -0.15) is 0 Å². The summed E-state index contributed by atoms with van der Waals surface area (Å²) in [6.07, 6.45) is -0.0202. The first-order valence-electron chi connectivity index (χ1n) is 5.00. The second-order valence-electron chi connectivity index (χ2n) is 3.62. The molecular formula is C11H15ClN2O2. The van der Waals surface area contributed by atoms with Crippen LogP contribution in [0, 0.1) is 0 Å². The molecule has 4 N–H and O–H groups in total. The Labute approximate surface area is 99.4 Å². The van der Waals surface area contributed by atoms with Gasteiger partial charge in [0.05, 0.1) is 6.42 Å². The average molecular weight is 243 g/mol. The Morgan fingerprint density at radius 1 is 1.44 bits per heavy atom. The van der Waals surface area contributed by atoms with Crippen molar-refractivity contribution in [2.24, 2.45) is 5.73 Å². The molecule has 0 saturated heterocycles. The topological polar surface area (TPSA) is 75.3 Å². The molecule has 0 heterocycles.